The van der Waals surface area contributed by atoms with E-state index in [1.54, 1.807) is 0 Å². The zero-order valence-corrected chi connectivity index (χ0v) is 16.1. The fourth-order valence-corrected chi connectivity index (χ4v) is 3.57. The van der Waals surface area contributed by atoms with Crippen molar-refractivity contribution in [1.29, 1.82) is 0 Å². The van der Waals surface area contributed by atoms with Crippen LogP contribution < -0.4 is 10.6 Å². The van der Waals surface area contributed by atoms with E-state index in [-0.39, 0.29) is 23.3 Å². The highest BCUT2D eigenvalue weighted by Gasteiger charge is 2.41. The van der Waals surface area contributed by atoms with E-state index in [1.165, 1.54) is 0 Å². The Morgan fingerprint density at radius 3 is 2.64 bits per heavy atom. The molecule has 1 heterocycles. The van der Waals surface area contributed by atoms with Gasteiger partial charge in [0.2, 0.25) is 0 Å². The number of amides is 1. The minimum Gasteiger partial charge on any atom is -0.450 e. The summed E-state index contributed by atoms with van der Waals surface area (Å²) in [5.74, 6) is 0. The first kappa shape index (κ1) is 19.5. The number of unbranched alkanes of at least 4 members (excludes halogenated alkanes) is 1. The van der Waals surface area contributed by atoms with Crippen LogP contribution in [-0.4, -0.2) is 46.3 Å². The van der Waals surface area contributed by atoms with Crippen LogP contribution in [0.25, 0.3) is 0 Å². The van der Waals surface area contributed by atoms with E-state index in [4.69, 9.17) is 9.16 Å². The van der Waals surface area contributed by atoms with Gasteiger partial charge in [-0.1, -0.05) is 34.1 Å². The van der Waals surface area contributed by atoms with Crippen LogP contribution in [0.1, 0.15) is 47.0 Å². The minimum atomic E-state index is -1.84. The molecule has 0 unspecified atom stereocenters. The van der Waals surface area contributed by atoms with Crippen LogP contribution >= 0.6 is 0 Å². The normalized spacial score (nSPS) is 23.2. The lowest BCUT2D eigenvalue weighted by molar-refractivity contribution is 0.0921. The van der Waals surface area contributed by atoms with Crippen LogP contribution in [-0.2, 0) is 9.16 Å². The van der Waals surface area contributed by atoms with Gasteiger partial charge < -0.3 is 19.8 Å². The average molecular weight is 331 g/mol. The number of carbonyl (C=O) groups excluding carboxylic acids is 1. The molecule has 1 fully saturated rings. The molecule has 5 nitrogen and oxygen atoms in total. The number of hydrogen-bond donors (Lipinski definition) is 2. The zero-order chi connectivity index (χ0) is 16.8. The van der Waals surface area contributed by atoms with Crippen molar-refractivity contribution in [2.75, 3.05) is 19.7 Å². The van der Waals surface area contributed by atoms with Gasteiger partial charge in [0.05, 0.1) is 18.8 Å². The average Bonchev–Trinajstić information content (AvgIpc) is 2.40. The van der Waals surface area contributed by atoms with Gasteiger partial charge in [0.1, 0.15) is 0 Å². The molecule has 2 N–H and O–H groups in total. The highest BCUT2D eigenvalue weighted by atomic mass is 28.4. The molecule has 1 saturated heterocycles. The molecular weight excluding hydrogens is 296 g/mol. The first-order valence-electron chi connectivity index (χ1n) is 8.49. The van der Waals surface area contributed by atoms with Crippen LogP contribution in [0.5, 0.6) is 0 Å². The highest BCUT2D eigenvalue weighted by molar-refractivity contribution is 6.74. The fraction of sp³-hybridized carbons (Fsp3) is 0.938. The Balaban J connectivity index is 2.58. The molecule has 1 amide bonds. The molecule has 0 bridgehead atoms. The number of alkyl carbamates (subject to hydrolysis) is 1. The molecule has 0 aromatic heterocycles. The predicted molar refractivity (Wildman–Crippen MR) is 92.7 cm³/mol. The van der Waals surface area contributed by atoms with Gasteiger partial charge in [0.15, 0.2) is 8.32 Å². The summed E-state index contributed by atoms with van der Waals surface area (Å²) < 4.78 is 11.7. The topological polar surface area (TPSA) is 59.6 Å². The van der Waals surface area contributed by atoms with Gasteiger partial charge in [-0.25, -0.2) is 4.79 Å². The maximum Gasteiger partial charge on any atom is 0.407 e. The summed E-state index contributed by atoms with van der Waals surface area (Å²) in [6.45, 7) is 15.5. The molecule has 0 aromatic rings. The van der Waals surface area contributed by atoms with E-state index >= 15 is 0 Å². The third-order valence-electron chi connectivity index (χ3n) is 4.71. The first-order valence-corrected chi connectivity index (χ1v) is 11.4. The van der Waals surface area contributed by atoms with Crippen molar-refractivity contribution in [1.82, 2.24) is 10.6 Å². The number of carbonyl (C=O) groups is 1. The molecule has 22 heavy (non-hydrogen) atoms. The molecule has 0 aliphatic carbocycles. The zero-order valence-electron chi connectivity index (χ0n) is 15.1. The van der Waals surface area contributed by atoms with Crippen molar-refractivity contribution in [3.8, 4) is 0 Å². The van der Waals surface area contributed by atoms with Crippen molar-refractivity contribution in [2.24, 2.45) is 0 Å². The van der Waals surface area contributed by atoms with Crippen LogP contribution in [0.3, 0.4) is 0 Å². The molecule has 0 radical (unpaired) electrons. The van der Waals surface area contributed by atoms with E-state index in [9.17, 15) is 4.79 Å². The molecule has 1 aliphatic heterocycles. The molecule has 130 valence electrons. The van der Waals surface area contributed by atoms with Gasteiger partial charge in [-0.05, 0) is 37.5 Å². The Morgan fingerprint density at radius 1 is 1.36 bits per heavy atom. The SMILES string of the molecule is CCCCOC(=O)N[C@@H]1CNCC[C@H]1O[Si](C)(C)C(C)(C)C. The number of ether oxygens (including phenoxy) is 1. The summed E-state index contributed by atoms with van der Waals surface area (Å²) in [5, 5.41) is 6.47. The van der Waals surface area contributed by atoms with Crippen molar-refractivity contribution in [3.05, 3.63) is 0 Å². The van der Waals surface area contributed by atoms with Crippen LogP contribution in [0.4, 0.5) is 4.79 Å². The Labute approximate surface area is 136 Å². The third-order valence-corrected chi connectivity index (χ3v) is 9.21. The van der Waals surface area contributed by atoms with Crippen LogP contribution in [0.15, 0.2) is 0 Å². The molecule has 0 aromatic carbocycles. The Morgan fingerprint density at radius 2 is 2.05 bits per heavy atom. The summed E-state index contributed by atoms with van der Waals surface area (Å²) >= 11 is 0. The second-order valence-corrected chi connectivity index (χ2v) is 12.4. The third kappa shape index (κ3) is 5.89. The van der Waals surface area contributed by atoms with Crippen LogP contribution in [0.2, 0.25) is 18.1 Å². The summed E-state index contributed by atoms with van der Waals surface area (Å²) in [6, 6.07) is -0.0167. The van der Waals surface area contributed by atoms with Crippen molar-refractivity contribution >= 4 is 14.4 Å². The summed E-state index contributed by atoms with van der Waals surface area (Å²) in [6.07, 6.45) is 2.59. The number of nitrogens with one attached hydrogen (secondary N) is 2. The number of piperidine rings is 1. The van der Waals surface area contributed by atoms with Gasteiger partial charge in [0.25, 0.3) is 0 Å². The number of hydrogen-bond acceptors (Lipinski definition) is 4. The number of rotatable bonds is 6. The predicted octanol–water partition coefficient (Wildman–Crippen LogP) is 3.27. The van der Waals surface area contributed by atoms with E-state index in [0.29, 0.717) is 6.61 Å². The molecule has 6 heteroatoms. The van der Waals surface area contributed by atoms with Crippen LogP contribution in [0, 0.1) is 0 Å². The second kappa shape index (κ2) is 8.31. The molecule has 2 atom stereocenters. The van der Waals surface area contributed by atoms with E-state index in [0.717, 1.165) is 32.4 Å². The highest BCUT2D eigenvalue weighted by Crippen LogP contribution is 2.38. The lowest BCUT2D eigenvalue weighted by atomic mass is 10.0. The Hall–Kier alpha value is -0.593. The second-order valence-electron chi connectivity index (χ2n) is 7.65. The van der Waals surface area contributed by atoms with Crippen molar-refractivity contribution < 1.29 is 14.0 Å². The monoisotopic (exact) mass is 330 g/mol. The molecule has 1 aliphatic rings. The summed E-state index contributed by atoms with van der Waals surface area (Å²) in [4.78, 5) is 11.9. The molecule has 0 spiro atoms. The van der Waals surface area contributed by atoms with E-state index in [2.05, 4.69) is 51.4 Å². The molecule has 0 saturated carbocycles. The summed E-state index contributed by atoms with van der Waals surface area (Å²) in [7, 11) is -1.84. The smallest absolute Gasteiger partial charge is 0.407 e. The fourth-order valence-electron chi connectivity index (χ4n) is 2.18. The van der Waals surface area contributed by atoms with Gasteiger partial charge in [-0.3, -0.25) is 0 Å². The molecule has 1 rings (SSSR count). The van der Waals surface area contributed by atoms with Crippen molar-refractivity contribution in [3.63, 3.8) is 0 Å². The molecular formula is C16H34N2O3Si. The van der Waals surface area contributed by atoms with E-state index < -0.39 is 8.32 Å². The van der Waals surface area contributed by atoms with Gasteiger partial charge in [-0.2, -0.15) is 0 Å². The van der Waals surface area contributed by atoms with E-state index in [1.807, 2.05) is 0 Å². The Kier molecular flexibility index (Phi) is 7.35. The van der Waals surface area contributed by atoms with Gasteiger partial charge >= 0.3 is 6.09 Å². The Bertz CT molecular complexity index is 356. The van der Waals surface area contributed by atoms with Crippen molar-refractivity contribution in [2.45, 2.75) is 77.2 Å². The quantitative estimate of drug-likeness (QED) is 0.580. The maximum absolute atomic E-state index is 11.9. The maximum atomic E-state index is 11.9. The summed E-state index contributed by atoms with van der Waals surface area (Å²) in [5.41, 5.74) is 0. The lowest BCUT2D eigenvalue weighted by Gasteiger charge is -2.43. The largest absolute Gasteiger partial charge is 0.450 e. The van der Waals surface area contributed by atoms with Gasteiger partial charge in [0, 0.05) is 6.54 Å². The lowest BCUT2D eigenvalue weighted by Crippen LogP contribution is -2.58. The first-order chi connectivity index (χ1) is 10.2. The standard InChI is InChI=1S/C16H34N2O3Si/c1-7-8-11-20-15(19)18-13-12-17-10-9-14(13)21-22(5,6)16(2,3)4/h13-14,17H,7-12H2,1-6H3,(H,18,19)/t13-,14-/m1/s1. The minimum absolute atomic E-state index is 0.0167. The van der Waals surface area contributed by atoms with Gasteiger partial charge in [-0.15, -0.1) is 0 Å².